The van der Waals surface area contributed by atoms with Gasteiger partial charge in [0.2, 0.25) is 5.91 Å². The summed E-state index contributed by atoms with van der Waals surface area (Å²) >= 11 is 1.55. The number of nitrogens with one attached hydrogen (secondary N) is 2. The summed E-state index contributed by atoms with van der Waals surface area (Å²) in [6.07, 6.45) is 0.977. The summed E-state index contributed by atoms with van der Waals surface area (Å²) in [4.78, 5) is 27.1. The number of thioether (sulfide) groups is 1. The number of hydrogen-bond donors (Lipinski definition) is 4. The van der Waals surface area contributed by atoms with E-state index < -0.39 is 12.3 Å². The second kappa shape index (κ2) is 15.1. The number of hydrogen-bond acceptors (Lipinski definition) is 8. The molecule has 1 aliphatic rings. The minimum Gasteiger partial charge on any atom is -0.481 e. The van der Waals surface area contributed by atoms with Gasteiger partial charge in [-0.1, -0.05) is 79.3 Å². The molecular formula is C33H36N4O6S. The fourth-order valence-electron chi connectivity index (χ4n) is 5.15. The van der Waals surface area contributed by atoms with Crippen LogP contribution in [0.5, 0.6) is 0 Å². The Hall–Kier alpha value is -4.03. The molecule has 44 heavy (non-hydrogen) atoms. The highest BCUT2D eigenvalue weighted by Gasteiger charge is 2.38. The number of H-pyrrole nitrogens is 1. The van der Waals surface area contributed by atoms with E-state index in [9.17, 15) is 14.7 Å². The van der Waals surface area contributed by atoms with Crippen LogP contribution in [-0.2, 0) is 32.2 Å². The molecule has 0 bridgehead atoms. The van der Waals surface area contributed by atoms with Gasteiger partial charge >= 0.3 is 5.97 Å². The van der Waals surface area contributed by atoms with Crippen molar-refractivity contribution in [2.75, 3.05) is 5.75 Å². The van der Waals surface area contributed by atoms with Crippen molar-refractivity contribution in [3.63, 3.8) is 0 Å². The molecule has 10 nitrogen and oxygen atoms in total. The molecule has 4 atom stereocenters. The summed E-state index contributed by atoms with van der Waals surface area (Å²) in [7, 11) is 0. The number of benzene rings is 3. The van der Waals surface area contributed by atoms with Crippen molar-refractivity contribution < 1.29 is 29.3 Å². The first-order chi connectivity index (χ1) is 21.4. The van der Waals surface area contributed by atoms with E-state index in [1.165, 1.54) is 6.33 Å². The first-order valence-electron chi connectivity index (χ1n) is 14.6. The van der Waals surface area contributed by atoms with Crippen molar-refractivity contribution in [2.45, 2.75) is 63.0 Å². The molecule has 3 aromatic carbocycles. The number of rotatable bonds is 13. The number of aliphatic carboxylic acids is 1. The minimum atomic E-state index is -0.903. The van der Waals surface area contributed by atoms with Gasteiger partial charge in [0.25, 0.3) is 0 Å². The molecule has 4 N–H and O–H groups in total. The number of aromatic amines is 1. The number of ether oxygens (including phenoxy) is 2. The molecule has 0 saturated carbocycles. The number of carbonyl (C=O) groups is 2. The van der Waals surface area contributed by atoms with Crippen LogP contribution in [0.25, 0.3) is 11.1 Å². The highest BCUT2D eigenvalue weighted by Crippen LogP contribution is 2.43. The van der Waals surface area contributed by atoms with Crippen LogP contribution in [0, 0.1) is 5.92 Å². The summed E-state index contributed by atoms with van der Waals surface area (Å²) in [6.45, 7) is 2.46. The molecule has 1 saturated heterocycles. The van der Waals surface area contributed by atoms with Gasteiger partial charge in [0.1, 0.15) is 6.33 Å². The van der Waals surface area contributed by atoms with Gasteiger partial charge in [0.15, 0.2) is 11.4 Å². The molecular weight excluding hydrogens is 580 g/mol. The molecule has 230 valence electrons. The predicted molar refractivity (Wildman–Crippen MR) is 165 cm³/mol. The molecule has 1 aliphatic heterocycles. The average molecular weight is 617 g/mol. The van der Waals surface area contributed by atoms with Crippen LogP contribution >= 0.6 is 11.8 Å². The predicted octanol–water partition coefficient (Wildman–Crippen LogP) is 5.42. The molecule has 11 heteroatoms. The van der Waals surface area contributed by atoms with Crippen LogP contribution in [0.4, 0.5) is 0 Å². The van der Waals surface area contributed by atoms with Gasteiger partial charge in [-0.2, -0.15) is 5.10 Å². The number of aliphatic hydroxyl groups is 1. The van der Waals surface area contributed by atoms with Gasteiger partial charge in [-0.25, -0.2) is 4.98 Å². The minimum absolute atomic E-state index is 0.0172. The first kappa shape index (κ1) is 31.4. The van der Waals surface area contributed by atoms with Crippen molar-refractivity contribution >= 4 is 23.6 Å². The number of amides is 1. The van der Waals surface area contributed by atoms with Crippen LogP contribution in [0.1, 0.15) is 60.8 Å². The molecule has 1 aromatic heterocycles. The lowest BCUT2D eigenvalue weighted by molar-refractivity contribution is -0.268. The lowest BCUT2D eigenvalue weighted by atomic mass is 9.91. The van der Waals surface area contributed by atoms with Gasteiger partial charge < -0.3 is 25.0 Å². The van der Waals surface area contributed by atoms with E-state index in [2.05, 4.69) is 33.5 Å². The first-order valence-corrected chi connectivity index (χ1v) is 15.5. The molecule has 4 aromatic rings. The van der Waals surface area contributed by atoms with Gasteiger partial charge in [0, 0.05) is 36.6 Å². The Kier molecular flexibility index (Phi) is 10.8. The van der Waals surface area contributed by atoms with E-state index in [4.69, 9.17) is 14.6 Å². The fraction of sp³-hybridized carbons (Fsp3) is 0.333. The lowest BCUT2D eigenvalue weighted by Gasteiger charge is -2.41. The molecule has 0 aliphatic carbocycles. The fourth-order valence-corrected chi connectivity index (χ4v) is 6.09. The molecule has 1 amide bonds. The van der Waals surface area contributed by atoms with Crippen LogP contribution in [0.3, 0.4) is 0 Å². The summed E-state index contributed by atoms with van der Waals surface area (Å²) in [5, 5.41) is 28.7. The Morgan fingerprint density at radius 3 is 2.45 bits per heavy atom. The summed E-state index contributed by atoms with van der Waals surface area (Å²) in [5.74, 6) is -0.373. The highest BCUT2D eigenvalue weighted by molar-refractivity contribution is 7.99. The van der Waals surface area contributed by atoms with E-state index in [0.29, 0.717) is 18.7 Å². The number of nitrogens with zero attached hydrogens (tertiary/aromatic N) is 2. The summed E-state index contributed by atoms with van der Waals surface area (Å²) in [6, 6.07) is 23.9. The van der Waals surface area contributed by atoms with Crippen molar-refractivity contribution in [3.05, 3.63) is 101 Å². The van der Waals surface area contributed by atoms with Gasteiger partial charge in [-0.05, 0) is 46.4 Å². The summed E-state index contributed by atoms with van der Waals surface area (Å²) in [5.41, 5.74) is 5.66. The average Bonchev–Trinajstić information content (AvgIpc) is 3.57. The zero-order chi connectivity index (χ0) is 30.9. The van der Waals surface area contributed by atoms with E-state index in [-0.39, 0.29) is 43.5 Å². The van der Waals surface area contributed by atoms with E-state index >= 15 is 0 Å². The molecule has 5 rings (SSSR count). The molecule has 1 fully saturated rings. The number of carboxylic acids is 1. The monoisotopic (exact) mass is 616 g/mol. The van der Waals surface area contributed by atoms with Gasteiger partial charge in [-0.3, -0.25) is 14.7 Å². The van der Waals surface area contributed by atoms with E-state index in [1.807, 2.05) is 66.7 Å². The Morgan fingerprint density at radius 1 is 0.955 bits per heavy atom. The topological polar surface area (TPSA) is 147 Å². The molecule has 0 spiro atoms. The smallest absolute Gasteiger partial charge is 0.303 e. The Morgan fingerprint density at radius 2 is 1.73 bits per heavy atom. The molecule has 0 radical (unpaired) electrons. The van der Waals surface area contributed by atoms with Gasteiger partial charge in [0.05, 0.1) is 18.8 Å². The van der Waals surface area contributed by atoms with E-state index in [0.717, 1.165) is 38.5 Å². The maximum Gasteiger partial charge on any atom is 0.303 e. The quantitative estimate of drug-likeness (QED) is 0.145. The third kappa shape index (κ3) is 8.32. The number of carboxylic acid groups (broad SMARTS) is 1. The van der Waals surface area contributed by atoms with Crippen molar-refractivity contribution in [1.29, 1.82) is 0 Å². The van der Waals surface area contributed by atoms with E-state index in [1.54, 1.807) is 11.8 Å². The zero-order valence-corrected chi connectivity index (χ0v) is 25.2. The Bertz CT molecular complexity index is 1530. The van der Waals surface area contributed by atoms with Crippen molar-refractivity contribution in [3.8, 4) is 11.1 Å². The Balaban J connectivity index is 1.32. The zero-order valence-electron chi connectivity index (χ0n) is 24.4. The second-order valence-electron chi connectivity index (χ2n) is 10.8. The SMILES string of the molecule is CC1C(CSc2ncn[nH]2)OC(c2cccc(-c3cccc(CNC(=O)CCCC(=O)O)c3)c2)OC1c1ccc(CO)cc1. The number of aromatic nitrogens is 3. The maximum atomic E-state index is 12.1. The largest absolute Gasteiger partial charge is 0.481 e. The van der Waals surface area contributed by atoms with Crippen LogP contribution < -0.4 is 5.32 Å². The van der Waals surface area contributed by atoms with Gasteiger partial charge in [-0.15, -0.1) is 0 Å². The van der Waals surface area contributed by atoms with Crippen molar-refractivity contribution in [2.24, 2.45) is 5.92 Å². The third-order valence-corrected chi connectivity index (χ3v) is 8.57. The standard InChI is InChI=1S/C33H36N4O6S/c1-21-28(19-44-33-35-20-36-37-33)42-32(43-31(21)24-13-11-22(18-38)12-14-24)27-8-3-7-26(16-27)25-6-2-5-23(15-25)17-34-29(39)9-4-10-30(40)41/h2-3,5-8,11-16,20-21,28,31-32,38H,4,9-10,17-19H2,1H3,(H,34,39)(H,40,41)(H,35,36,37). The molecule has 4 unspecified atom stereocenters. The normalized spacial score (nSPS) is 19.9. The summed E-state index contributed by atoms with van der Waals surface area (Å²) < 4.78 is 13.2. The lowest BCUT2D eigenvalue weighted by Crippen LogP contribution is -2.38. The van der Waals surface area contributed by atoms with Crippen LogP contribution in [-0.4, -0.2) is 49.1 Å². The maximum absolute atomic E-state index is 12.1. The van der Waals surface area contributed by atoms with Crippen LogP contribution in [0.2, 0.25) is 0 Å². The number of aliphatic hydroxyl groups excluding tert-OH is 1. The Labute approximate surface area is 260 Å². The third-order valence-electron chi connectivity index (χ3n) is 7.60. The highest BCUT2D eigenvalue weighted by atomic mass is 32.2. The van der Waals surface area contributed by atoms with Crippen molar-refractivity contribution in [1.82, 2.24) is 20.5 Å². The second-order valence-corrected chi connectivity index (χ2v) is 11.8. The van der Waals surface area contributed by atoms with Crippen LogP contribution in [0.15, 0.2) is 84.3 Å². The number of carbonyl (C=O) groups excluding carboxylic acids is 1. The molecule has 2 heterocycles.